The van der Waals surface area contributed by atoms with Gasteiger partial charge in [-0.1, -0.05) is 74.5 Å². The number of nitrogens with two attached hydrogens (primary N) is 1. The fourth-order valence-electron chi connectivity index (χ4n) is 6.47. The third kappa shape index (κ3) is 10.9. The van der Waals surface area contributed by atoms with Crippen LogP contribution in [0.25, 0.3) is 11.1 Å². The smallest absolute Gasteiger partial charge is 0.449 e. The molecule has 15 nitrogen and oxygen atoms in total. The van der Waals surface area contributed by atoms with Crippen LogP contribution in [0.3, 0.4) is 0 Å². The van der Waals surface area contributed by atoms with Gasteiger partial charge in [-0.15, -0.1) is 0 Å². The van der Waals surface area contributed by atoms with E-state index in [9.17, 15) is 34.1 Å². The van der Waals surface area contributed by atoms with Crippen molar-refractivity contribution in [3.63, 3.8) is 0 Å². The number of nitro groups is 1. The first-order chi connectivity index (χ1) is 26.9. The molecule has 0 aromatic heterocycles. The highest BCUT2D eigenvalue weighted by Crippen LogP contribution is 2.44. The molecule has 0 saturated heterocycles. The number of rotatable bonds is 17. The van der Waals surface area contributed by atoms with E-state index in [1.54, 1.807) is 38.1 Å². The molecule has 0 spiro atoms. The fourth-order valence-corrected chi connectivity index (χ4v) is 6.47. The number of amides is 4. The van der Waals surface area contributed by atoms with Gasteiger partial charge in [0.2, 0.25) is 5.91 Å². The number of nitro benzene ring substituents is 1. The van der Waals surface area contributed by atoms with E-state index in [1.165, 1.54) is 24.3 Å². The standard InChI is InChI=1S/C41H43N5O10/c1-25(2)37(45-40(50)54-24-35-33-11-5-3-9-31(33)32-10-4-6-12-34(32)35)36(47)22-27(8-7-21-43-39(42)49)38(48)44-28-15-13-26(14-16-28)23-55-41(51)56-30-19-17-29(18-20-30)46(52)53/h3-6,9-20,25,27,35,37H,7-8,21-24H2,1-2H3,(H,44,48)(H,45,50)(H3,42,43,49)/t27-,37+/m1/s1. The van der Waals surface area contributed by atoms with Crippen LogP contribution < -0.4 is 26.4 Å². The van der Waals surface area contributed by atoms with Crippen molar-refractivity contribution in [2.45, 2.75) is 51.7 Å². The highest BCUT2D eigenvalue weighted by molar-refractivity contribution is 5.97. The largest absolute Gasteiger partial charge is 0.514 e. The van der Waals surface area contributed by atoms with Crippen LogP contribution in [0.1, 0.15) is 55.7 Å². The summed E-state index contributed by atoms with van der Waals surface area (Å²) < 4.78 is 15.9. The summed E-state index contributed by atoms with van der Waals surface area (Å²) in [5.41, 5.74) is 10.3. The van der Waals surface area contributed by atoms with Crippen molar-refractivity contribution in [3.8, 4) is 16.9 Å². The minimum Gasteiger partial charge on any atom is -0.449 e. The summed E-state index contributed by atoms with van der Waals surface area (Å²) in [6.07, 6.45) is -1.36. The van der Waals surface area contributed by atoms with E-state index in [-0.39, 0.29) is 61.7 Å². The van der Waals surface area contributed by atoms with Crippen LogP contribution in [0.2, 0.25) is 0 Å². The van der Waals surface area contributed by atoms with Gasteiger partial charge in [-0.2, -0.15) is 0 Å². The maximum absolute atomic E-state index is 13.7. The number of urea groups is 1. The van der Waals surface area contributed by atoms with Crippen LogP contribution in [0, 0.1) is 22.0 Å². The summed E-state index contributed by atoms with van der Waals surface area (Å²) in [4.78, 5) is 74.0. The minimum absolute atomic E-state index is 0.0739. The third-order valence-corrected chi connectivity index (χ3v) is 9.30. The predicted molar refractivity (Wildman–Crippen MR) is 206 cm³/mol. The molecule has 0 saturated carbocycles. The van der Waals surface area contributed by atoms with Gasteiger partial charge in [-0.05, 0) is 70.8 Å². The van der Waals surface area contributed by atoms with Crippen molar-refractivity contribution in [2.75, 3.05) is 18.5 Å². The molecular weight excluding hydrogens is 722 g/mol. The number of nitrogens with zero attached hydrogens (tertiary/aromatic N) is 1. The third-order valence-electron chi connectivity index (χ3n) is 9.30. The fraction of sp³-hybridized carbons (Fsp3) is 0.293. The van der Waals surface area contributed by atoms with Crippen LogP contribution in [0.4, 0.5) is 25.8 Å². The first-order valence-corrected chi connectivity index (χ1v) is 18.1. The number of fused-ring (bicyclic) bond motifs is 3. The van der Waals surface area contributed by atoms with E-state index < -0.39 is 41.1 Å². The highest BCUT2D eigenvalue weighted by atomic mass is 16.7. The molecule has 0 radical (unpaired) electrons. The van der Waals surface area contributed by atoms with E-state index >= 15 is 0 Å². The van der Waals surface area contributed by atoms with Gasteiger partial charge in [0.25, 0.3) is 5.69 Å². The van der Waals surface area contributed by atoms with Crippen molar-refractivity contribution in [2.24, 2.45) is 17.6 Å². The summed E-state index contributed by atoms with van der Waals surface area (Å²) in [6.45, 7) is 3.70. The van der Waals surface area contributed by atoms with Crippen LogP contribution in [0.15, 0.2) is 97.1 Å². The molecule has 0 heterocycles. The summed E-state index contributed by atoms with van der Waals surface area (Å²) in [6, 6.07) is 25.7. The first-order valence-electron chi connectivity index (χ1n) is 18.1. The number of ether oxygens (including phenoxy) is 3. The quantitative estimate of drug-likeness (QED) is 0.0288. The molecule has 2 atom stereocenters. The van der Waals surface area contributed by atoms with Crippen molar-refractivity contribution < 1.29 is 43.1 Å². The average molecular weight is 766 g/mol. The molecule has 4 aromatic rings. The van der Waals surface area contributed by atoms with Gasteiger partial charge in [-0.25, -0.2) is 14.4 Å². The highest BCUT2D eigenvalue weighted by Gasteiger charge is 2.32. The monoisotopic (exact) mass is 765 g/mol. The van der Waals surface area contributed by atoms with E-state index in [4.69, 9.17) is 19.9 Å². The second-order valence-electron chi connectivity index (χ2n) is 13.6. The van der Waals surface area contributed by atoms with Gasteiger partial charge in [0.05, 0.1) is 11.0 Å². The second-order valence-corrected chi connectivity index (χ2v) is 13.6. The molecule has 4 amide bonds. The van der Waals surface area contributed by atoms with Crippen LogP contribution in [-0.2, 0) is 25.7 Å². The lowest BCUT2D eigenvalue weighted by Gasteiger charge is -2.24. The van der Waals surface area contributed by atoms with E-state index in [0.29, 0.717) is 17.7 Å². The summed E-state index contributed by atoms with van der Waals surface area (Å²) in [7, 11) is 0. The topological polar surface area (TPSA) is 218 Å². The Hall–Kier alpha value is -6.77. The molecule has 56 heavy (non-hydrogen) atoms. The zero-order chi connectivity index (χ0) is 40.2. The van der Waals surface area contributed by atoms with Gasteiger partial charge in [-0.3, -0.25) is 19.7 Å². The Labute approximate surface area is 323 Å². The Kier molecular flexibility index (Phi) is 13.7. The van der Waals surface area contributed by atoms with Gasteiger partial charge in [0.1, 0.15) is 19.0 Å². The Morgan fingerprint density at radius 1 is 0.839 bits per heavy atom. The van der Waals surface area contributed by atoms with Gasteiger partial charge < -0.3 is 35.9 Å². The zero-order valence-electron chi connectivity index (χ0n) is 30.9. The molecule has 5 N–H and O–H groups in total. The summed E-state index contributed by atoms with van der Waals surface area (Å²) >= 11 is 0. The molecule has 1 aliphatic carbocycles. The molecule has 292 valence electrons. The number of primary amides is 1. The normalized spacial score (nSPS) is 12.7. The van der Waals surface area contributed by atoms with Crippen molar-refractivity contribution in [1.29, 1.82) is 0 Å². The predicted octanol–water partition coefficient (Wildman–Crippen LogP) is 6.84. The number of alkyl carbamates (subject to hydrolysis) is 1. The van der Waals surface area contributed by atoms with E-state index in [0.717, 1.165) is 22.3 Å². The lowest BCUT2D eigenvalue weighted by atomic mass is 9.89. The molecule has 0 bridgehead atoms. The molecule has 4 aromatic carbocycles. The number of anilines is 1. The second kappa shape index (κ2) is 19.0. The van der Waals surface area contributed by atoms with Gasteiger partial charge in [0.15, 0.2) is 5.78 Å². The first kappa shape index (κ1) is 40.4. The number of non-ortho nitro benzene ring substituents is 1. The lowest BCUT2D eigenvalue weighted by Crippen LogP contribution is -2.46. The Bertz CT molecular complexity index is 2010. The minimum atomic E-state index is -1.01. The Morgan fingerprint density at radius 3 is 2.05 bits per heavy atom. The maximum Gasteiger partial charge on any atom is 0.514 e. The van der Waals surface area contributed by atoms with Crippen molar-refractivity contribution in [1.82, 2.24) is 10.6 Å². The Balaban J connectivity index is 1.16. The number of benzene rings is 4. The van der Waals surface area contributed by atoms with E-state index in [1.807, 2.05) is 48.5 Å². The van der Waals surface area contributed by atoms with E-state index in [2.05, 4.69) is 16.0 Å². The van der Waals surface area contributed by atoms with Crippen LogP contribution in [-0.4, -0.2) is 54.1 Å². The average Bonchev–Trinajstić information content (AvgIpc) is 3.50. The molecule has 1 aliphatic rings. The number of nitrogens with one attached hydrogen (secondary N) is 3. The van der Waals surface area contributed by atoms with Crippen LogP contribution in [0.5, 0.6) is 5.75 Å². The van der Waals surface area contributed by atoms with Crippen molar-refractivity contribution in [3.05, 3.63) is 124 Å². The number of carbonyl (C=O) groups excluding carboxylic acids is 5. The van der Waals surface area contributed by atoms with Gasteiger partial charge >= 0.3 is 18.3 Å². The Morgan fingerprint density at radius 2 is 1.46 bits per heavy atom. The number of ketones is 1. The molecule has 5 rings (SSSR count). The molecule has 0 aliphatic heterocycles. The molecule has 0 unspecified atom stereocenters. The summed E-state index contributed by atoms with van der Waals surface area (Å²) in [5.74, 6) is -2.02. The number of carbonyl (C=O) groups is 5. The number of Topliss-reactive ketones (excluding diaryl/α,β-unsaturated/α-hetero) is 1. The number of hydrogen-bond acceptors (Lipinski definition) is 10. The van der Waals surface area contributed by atoms with Gasteiger partial charge in [0, 0.05) is 42.6 Å². The summed E-state index contributed by atoms with van der Waals surface area (Å²) in [5, 5.41) is 18.8. The maximum atomic E-state index is 13.7. The molecular formula is C41H43N5O10. The molecule has 0 fully saturated rings. The number of hydrogen-bond donors (Lipinski definition) is 4. The van der Waals surface area contributed by atoms with Crippen molar-refractivity contribution >= 4 is 41.3 Å². The zero-order valence-corrected chi connectivity index (χ0v) is 30.9. The lowest BCUT2D eigenvalue weighted by molar-refractivity contribution is -0.384. The molecule has 15 heteroatoms. The SMILES string of the molecule is CC(C)[C@H](NC(=O)OCC1c2ccccc2-c2ccccc21)C(=O)C[C@@H](CCCNC(N)=O)C(=O)Nc1ccc(COC(=O)Oc2ccc([N+](=O)[O-])cc2)cc1. The van der Waals surface area contributed by atoms with Crippen LogP contribution >= 0.6 is 0 Å².